The highest BCUT2D eigenvalue weighted by molar-refractivity contribution is 6.42. The van der Waals surface area contributed by atoms with Gasteiger partial charge in [0.2, 0.25) is 0 Å². The highest BCUT2D eigenvalue weighted by Gasteiger charge is 2.47. The van der Waals surface area contributed by atoms with Gasteiger partial charge in [-0.25, -0.2) is 4.79 Å². The fourth-order valence-corrected chi connectivity index (χ4v) is 6.88. The van der Waals surface area contributed by atoms with Gasteiger partial charge in [-0.3, -0.25) is 4.79 Å². The number of benzene rings is 2. The van der Waals surface area contributed by atoms with Gasteiger partial charge in [0.15, 0.2) is 5.76 Å². The monoisotopic (exact) mass is 610 g/mol. The lowest BCUT2D eigenvalue weighted by atomic mass is 9.84. The van der Waals surface area contributed by atoms with Crippen LogP contribution in [0.1, 0.15) is 47.4 Å². The summed E-state index contributed by atoms with van der Waals surface area (Å²) in [5.74, 6) is 0.244. The van der Waals surface area contributed by atoms with Crippen molar-refractivity contribution in [2.75, 3.05) is 45.9 Å². The molecule has 3 aromatic rings. The van der Waals surface area contributed by atoms with Crippen molar-refractivity contribution in [1.82, 2.24) is 20.0 Å². The molecule has 0 bridgehead atoms. The molecule has 3 aliphatic rings. The maximum absolute atomic E-state index is 12.9. The van der Waals surface area contributed by atoms with Gasteiger partial charge >= 0.3 is 6.03 Å². The Morgan fingerprint density at radius 3 is 2.38 bits per heavy atom. The number of carbonyl (C=O) groups is 2. The lowest BCUT2D eigenvalue weighted by Crippen LogP contribution is -2.54. The van der Waals surface area contributed by atoms with Crippen molar-refractivity contribution < 1.29 is 18.7 Å². The van der Waals surface area contributed by atoms with E-state index in [-0.39, 0.29) is 17.5 Å². The van der Waals surface area contributed by atoms with Crippen molar-refractivity contribution in [3.05, 3.63) is 93.9 Å². The summed E-state index contributed by atoms with van der Waals surface area (Å²) in [4.78, 5) is 31.9. The number of nitrogens with one attached hydrogen (secondary N) is 1. The van der Waals surface area contributed by atoms with E-state index in [0.29, 0.717) is 61.4 Å². The topological polar surface area (TPSA) is 78.3 Å². The summed E-state index contributed by atoms with van der Waals surface area (Å²) in [7, 11) is 0. The Morgan fingerprint density at radius 2 is 1.69 bits per heavy atom. The van der Waals surface area contributed by atoms with Gasteiger partial charge in [0.25, 0.3) is 5.91 Å². The van der Waals surface area contributed by atoms with Crippen LogP contribution in [0, 0.1) is 0 Å². The molecule has 0 saturated carbocycles. The first-order valence-corrected chi connectivity index (χ1v) is 15.4. The van der Waals surface area contributed by atoms with E-state index < -0.39 is 5.60 Å². The third kappa shape index (κ3) is 5.91. The molecule has 42 heavy (non-hydrogen) atoms. The molecular formula is C32H36Cl2N4O4. The number of hydrogen-bond acceptors (Lipinski definition) is 5. The highest BCUT2D eigenvalue weighted by Crippen LogP contribution is 2.40. The van der Waals surface area contributed by atoms with E-state index in [9.17, 15) is 9.59 Å². The summed E-state index contributed by atoms with van der Waals surface area (Å²) in [5, 5.41) is 4.09. The summed E-state index contributed by atoms with van der Waals surface area (Å²) in [6.45, 7) is 5.54. The average molecular weight is 612 g/mol. The van der Waals surface area contributed by atoms with Crippen LogP contribution in [-0.4, -0.2) is 78.1 Å². The second kappa shape index (κ2) is 12.3. The van der Waals surface area contributed by atoms with Crippen molar-refractivity contribution in [1.29, 1.82) is 0 Å². The number of urea groups is 1. The van der Waals surface area contributed by atoms with Crippen LogP contribution in [0.4, 0.5) is 4.79 Å². The smallest absolute Gasteiger partial charge is 0.318 e. The molecule has 2 aromatic carbocycles. The summed E-state index contributed by atoms with van der Waals surface area (Å²) in [6.07, 6.45) is 4.64. The Bertz CT molecular complexity index is 1380. The number of likely N-dealkylation sites (tertiary alicyclic amines) is 2. The molecule has 1 N–H and O–H groups in total. The third-order valence-electron chi connectivity index (χ3n) is 9.18. The van der Waals surface area contributed by atoms with E-state index >= 15 is 0 Å². The summed E-state index contributed by atoms with van der Waals surface area (Å²) < 4.78 is 12.1. The first-order valence-electron chi connectivity index (χ1n) is 14.6. The van der Waals surface area contributed by atoms with Gasteiger partial charge in [-0.2, -0.15) is 0 Å². The number of ether oxygens (including phenoxy) is 1. The third-order valence-corrected chi connectivity index (χ3v) is 9.92. The Kier molecular flexibility index (Phi) is 8.50. The minimum atomic E-state index is -0.570. The molecule has 0 aliphatic carbocycles. The largest absolute Gasteiger partial charge is 0.459 e. The average Bonchev–Trinajstić information content (AvgIpc) is 3.66. The van der Waals surface area contributed by atoms with Gasteiger partial charge in [-0.05, 0) is 61.1 Å². The van der Waals surface area contributed by atoms with Gasteiger partial charge in [-0.1, -0.05) is 59.6 Å². The summed E-state index contributed by atoms with van der Waals surface area (Å²) in [5.41, 5.74) is 1.40. The predicted molar refractivity (Wildman–Crippen MR) is 162 cm³/mol. The molecule has 3 fully saturated rings. The molecule has 6 rings (SSSR count). The van der Waals surface area contributed by atoms with Crippen molar-refractivity contribution in [2.24, 2.45) is 0 Å². The molecule has 1 aromatic heterocycles. The summed E-state index contributed by atoms with van der Waals surface area (Å²) >= 11 is 12.7. The first kappa shape index (κ1) is 29.1. The Morgan fingerprint density at radius 1 is 0.929 bits per heavy atom. The number of amides is 3. The van der Waals surface area contributed by atoms with Gasteiger partial charge in [-0.15, -0.1) is 0 Å². The molecular weight excluding hydrogens is 575 g/mol. The number of rotatable bonds is 8. The van der Waals surface area contributed by atoms with E-state index in [1.807, 2.05) is 46.2 Å². The van der Waals surface area contributed by atoms with Crippen molar-refractivity contribution >= 4 is 35.1 Å². The number of carbonyl (C=O) groups excluding carboxylic acids is 2. The molecule has 3 amide bonds. The molecule has 10 heteroatoms. The van der Waals surface area contributed by atoms with E-state index in [2.05, 4.69) is 22.3 Å². The van der Waals surface area contributed by atoms with E-state index in [0.717, 1.165) is 43.6 Å². The van der Waals surface area contributed by atoms with Gasteiger partial charge in [0.1, 0.15) is 0 Å². The van der Waals surface area contributed by atoms with Crippen LogP contribution < -0.4 is 5.32 Å². The van der Waals surface area contributed by atoms with Gasteiger partial charge in [0, 0.05) is 45.8 Å². The molecule has 1 spiro atoms. The maximum Gasteiger partial charge on any atom is 0.318 e. The van der Waals surface area contributed by atoms with E-state index in [4.69, 9.17) is 32.4 Å². The molecule has 3 aliphatic heterocycles. The molecule has 0 radical (unpaired) electrons. The molecule has 4 heterocycles. The highest BCUT2D eigenvalue weighted by atomic mass is 35.5. The zero-order chi connectivity index (χ0) is 29.2. The van der Waals surface area contributed by atoms with Crippen LogP contribution in [0.5, 0.6) is 0 Å². The number of hydrogen-bond donors (Lipinski definition) is 1. The normalized spacial score (nSPS) is 20.2. The predicted octanol–water partition coefficient (Wildman–Crippen LogP) is 5.79. The fourth-order valence-electron chi connectivity index (χ4n) is 6.58. The molecule has 0 atom stereocenters. The van der Waals surface area contributed by atoms with Crippen molar-refractivity contribution in [2.45, 2.75) is 43.4 Å². The zero-order valence-electron chi connectivity index (χ0n) is 23.6. The van der Waals surface area contributed by atoms with Crippen LogP contribution in [0.3, 0.4) is 0 Å². The number of piperidine rings is 2. The fraction of sp³-hybridized carbons (Fsp3) is 0.438. The first-order chi connectivity index (χ1) is 20.4. The van der Waals surface area contributed by atoms with Crippen molar-refractivity contribution in [3.8, 4) is 0 Å². The summed E-state index contributed by atoms with van der Waals surface area (Å²) in [6, 6.07) is 19.3. The van der Waals surface area contributed by atoms with Crippen LogP contribution in [-0.2, 0) is 16.9 Å². The van der Waals surface area contributed by atoms with Crippen LogP contribution in [0.2, 0.25) is 10.0 Å². The molecule has 0 unspecified atom stereocenters. The quantitative estimate of drug-likeness (QED) is 0.349. The van der Waals surface area contributed by atoms with E-state index in [1.54, 1.807) is 12.1 Å². The van der Waals surface area contributed by atoms with Crippen LogP contribution >= 0.6 is 23.2 Å². The Balaban J connectivity index is 1.08. The van der Waals surface area contributed by atoms with Gasteiger partial charge < -0.3 is 29.2 Å². The molecule has 8 nitrogen and oxygen atoms in total. The molecule has 222 valence electrons. The number of nitrogens with zero attached hydrogens (tertiary/aromatic N) is 3. The zero-order valence-corrected chi connectivity index (χ0v) is 25.1. The van der Waals surface area contributed by atoms with Gasteiger partial charge in [0.05, 0.1) is 34.1 Å². The lowest BCUT2D eigenvalue weighted by molar-refractivity contribution is -0.0924. The number of furan rings is 1. The minimum Gasteiger partial charge on any atom is -0.459 e. The SMILES string of the molecule is O=C(c1ccco1)N1CCC(OCCN2CCC3(CC2)CNC(=O)N3Cc2ccccc2)(c2ccc(Cl)c(Cl)c2)CC1. The lowest BCUT2D eigenvalue weighted by Gasteiger charge is -2.45. The van der Waals surface area contributed by atoms with E-state index in [1.165, 1.54) is 6.26 Å². The van der Waals surface area contributed by atoms with Crippen molar-refractivity contribution in [3.63, 3.8) is 0 Å². The minimum absolute atomic E-state index is 0.0241. The number of halogens is 2. The standard InChI is InChI=1S/C32H36Cl2N4O4/c33-26-9-8-25(21-27(26)34)32(12-16-37(17-13-32)29(39)28-7-4-19-41-28)42-20-18-36-14-10-31(11-15-36)23-35-30(40)38(31)22-24-5-2-1-3-6-24/h1-9,19,21H,10-18,20,22-23H2,(H,35,40). The molecule has 3 saturated heterocycles. The maximum atomic E-state index is 12.9. The Hall–Kier alpha value is -3.04. The van der Waals surface area contributed by atoms with Crippen LogP contribution in [0.25, 0.3) is 0 Å². The second-order valence-corrected chi connectivity index (χ2v) is 12.4. The van der Waals surface area contributed by atoms with Crippen LogP contribution in [0.15, 0.2) is 71.3 Å². The Labute approximate surface area is 256 Å². The second-order valence-electron chi connectivity index (χ2n) is 11.5.